The first-order valence-electron chi connectivity index (χ1n) is 16.4. The molecule has 0 unspecified atom stereocenters. The van der Waals surface area contributed by atoms with Crippen LogP contribution in [0.2, 0.25) is 5.02 Å². The molecule has 3 aromatic rings. The number of nitrogens with one attached hydrogen (secondary N) is 1. The van der Waals surface area contributed by atoms with E-state index in [-0.39, 0.29) is 58.5 Å². The SMILES string of the molecule is COc1ccc(S(=O)(=O)Nc2ccc3c(c2)C(=O)N([C@H](C)CO)C[C@H](C)[C@@H](CN(C)S(=O)(=O)c2ccc(Cl)cc2)OCCCC[C@H](C)O3)cc1. The molecule has 0 aromatic heterocycles. The average Bonchev–Trinajstić information content (AvgIpc) is 3.09. The van der Waals surface area contributed by atoms with E-state index in [1.54, 1.807) is 13.0 Å². The van der Waals surface area contributed by atoms with Crippen LogP contribution in [0.1, 0.15) is 50.4 Å². The van der Waals surface area contributed by atoms with Gasteiger partial charge in [-0.25, -0.2) is 16.8 Å². The van der Waals surface area contributed by atoms with E-state index in [1.807, 2.05) is 13.8 Å². The fraction of sp³-hybridized carbons (Fsp3) is 0.457. The molecule has 0 saturated carbocycles. The summed E-state index contributed by atoms with van der Waals surface area (Å²) >= 11 is 5.98. The second-order valence-corrected chi connectivity index (χ2v) is 16.7. The van der Waals surface area contributed by atoms with Crippen molar-refractivity contribution in [2.24, 2.45) is 5.92 Å². The molecule has 0 aliphatic carbocycles. The number of benzene rings is 3. The maximum Gasteiger partial charge on any atom is 0.261 e. The summed E-state index contributed by atoms with van der Waals surface area (Å²) in [5.74, 6) is -0.110. The van der Waals surface area contributed by atoms with Gasteiger partial charge in [0.2, 0.25) is 10.0 Å². The molecule has 1 aliphatic rings. The number of anilines is 1. The molecule has 0 saturated heterocycles. The van der Waals surface area contributed by atoms with Crippen molar-refractivity contribution >= 4 is 43.2 Å². The summed E-state index contributed by atoms with van der Waals surface area (Å²) in [6.45, 7) is 5.56. The number of likely N-dealkylation sites (N-methyl/N-ethyl adjacent to an activating group) is 1. The van der Waals surface area contributed by atoms with Gasteiger partial charge < -0.3 is 24.2 Å². The van der Waals surface area contributed by atoms with Crippen LogP contribution in [0.3, 0.4) is 0 Å². The molecule has 0 fully saturated rings. The zero-order valence-corrected chi connectivity index (χ0v) is 31.3. The van der Waals surface area contributed by atoms with E-state index in [9.17, 15) is 26.7 Å². The van der Waals surface area contributed by atoms with Crippen molar-refractivity contribution in [1.82, 2.24) is 9.21 Å². The fourth-order valence-electron chi connectivity index (χ4n) is 5.56. The Hall–Kier alpha value is -3.40. The second-order valence-electron chi connectivity index (χ2n) is 12.5. The van der Waals surface area contributed by atoms with E-state index in [0.29, 0.717) is 30.2 Å². The molecule has 12 nitrogen and oxygen atoms in total. The molecule has 1 amide bonds. The highest BCUT2D eigenvalue weighted by Gasteiger charge is 2.32. The number of hydrogen-bond acceptors (Lipinski definition) is 9. The molecular weight excluding hydrogens is 706 g/mol. The predicted molar refractivity (Wildman–Crippen MR) is 192 cm³/mol. The second kappa shape index (κ2) is 17.2. The lowest BCUT2D eigenvalue weighted by atomic mass is 10.0. The number of carbonyl (C=O) groups excluding carboxylic acids is 1. The first kappa shape index (κ1) is 39.4. The third-order valence-corrected chi connectivity index (χ3v) is 12.1. The zero-order valence-electron chi connectivity index (χ0n) is 28.9. The van der Waals surface area contributed by atoms with Gasteiger partial charge in [0.1, 0.15) is 11.5 Å². The summed E-state index contributed by atoms with van der Waals surface area (Å²) in [7, 11) is -4.94. The van der Waals surface area contributed by atoms with Gasteiger partial charge in [0.25, 0.3) is 15.9 Å². The molecule has 4 rings (SSSR count). The smallest absolute Gasteiger partial charge is 0.261 e. The lowest BCUT2D eigenvalue weighted by molar-refractivity contribution is -0.00833. The van der Waals surface area contributed by atoms with Crippen molar-refractivity contribution in [3.05, 3.63) is 77.3 Å². The topological polar surface area (TPSA) is 152 Å². The highest BCUT2D eigenvalue weighted by Crippen LogP contribution is 2.30. The van der Waals surface area contributed by atoms with Crippen molar-refractivity contribution in [3.63, 3.8) is 0 Å². The minimum atomic E-state index is -4.03. The minimum absolute atomic E-state index is 0.00743. The Bertz CT molecular complexity index is 1810. The summed E-state index contributed by atoms with van der Waals surface area (Å²) in [4.78, 5) is 16.0. The first-order valence-corrected chi connectivity index (χ1v) is 19.7. The number of fused-ring (bicyclic) bond motifs is 1. The van der Waals surface area contributed by atoms with Crippen LogP contribution in [0.4, 0.5) is 5.69 Å². The van der Waals surface area contributed by atoms with Crippen LogP contribution < -0.4 is 14.2 Å². The number of methoxy groups -OCH3 is 1. The minimum Gasteiger partial charge on any atom is -0.497 e. The molecule has 4 atom stereocenters. The van der Waals surface area contributed by atoms with E-state index in [1.165, 1.54) is 84.0 Å². The number of ether oxygens (including phenoxy) is 3. The van der Waals surface area contributed by atoms with Gasteiger partial charge in [-0.05, 0) is 99.8 Å². The van der Waals surface area contributed by atoms with Crippen LogP contribution in [0, 0.1) is 5.92 Å². The van der Waals surface area contributed by atoms with Crippen LogP contribution in [-0.4, -0.2) is 95.8 Å². The van der Waals surface area contributed by atoms with Gasteiger partial charge >= 0.3 is 0 Å². The Morgan fingerprint density at radius 2 is 1.68 bits per heavy atom. The Kier molecular flexibility index (Phi) is 13.6. The Labute approximate surface area is 300 Å². The first-order chi connectivity index (χ1) is 23.7. The van der Waals surface area contributed by atoms with Crippen molar-refractivity contribution in [1.29, 1.82) is 0 Å². The van der Waals surface area contributed by atoms with E-state index in [4.69, 9.17) is 25.8 Å². The molecule has 50 heavy (non-hydrogen) atoms. The van der Waals surface area contributed by atoms with Gasteiger partial charge in [0.05, 0.1) is 47.3 Å². The highest BCUT2D eigenvalue weighted by molar-refractivity contribution is 7.92. The lowest BCUT2D eigenvalue weighted by Gasteiger charge is -2.35. The predicted octanol–water partition coefficient (Wildman–Crippen LogP) is 5.27. The van der Waals surface area contributed by atoms with Crippen LogP contribution >= 0.6 is 11.6 Å². The molecule has 0 spiro atoms. The maximum absolute atomic E-state index is 14.4. The summed E-state index contributed by atoms with van der Waals surface area (Å²) < 4.78 is 74.9. The van der Waals surface area contributed by atoms with Crippen LogP contribution in [0.15, 0.2) is 76.5 Å². The average molecular weight is 752 g/mol. The number of carbonyl (C=O) groups is 1. The van der Waals surface area contributed by atoms with E-state index in [0.717, 1.165) is 6.42 Å². The molecule has 2 N–H and O–H groups in total. The van der Waals surface area contributed by atoms with Gasteiger partial charge in [-0.15, -0.1) is 0 Å². The van der Waals surface area contributed by atoms with Crippen molar-refractivity contribution < 1.29 is 40.9 Å². The number of aliphatic hydroxyl groups is 1. The highest BCUT2D eigenvalue weighted by atomic mass is 35.5. The zero-order chi connectivity index (χ0) is 36.6. The number of hydrogen-bond donors (Lipinski definition) is 2. The molecule has 1 heterocycles. The summed E-state index contributed by atoms with van der Waals surface area (Å²) in [6.07, 6.45) is 1.18. The lowest BCUT2D eigenvalue weighted by Crippen LogP contribution is -2.48. The monoisotopic (exact) mass is 751 g/mol. The molecule has 1 aliphatic heterocycles. The van der Waals surface area contributed by atoms with E-state index >= 15 is 0 Å². The Balaban J connectivity index is 1.67. The number of amides is 1. The van der Waals surface area contributed by atoms with Gasteiger partial charge in [-0.1, -0.05) is 18.5 Å². The molecular formula is C35H46ClN3O9S2. The van der Waals surface area contributed by atoms with Gasteiger partial charge in [-0.2, -0.15) is 4.31 Å². The maximum atomic E-state index is 14.4. The molecule has 0 radical (unpaired) electrons. The number of sulfonamides is 2. The van der Waals surface area contributed by atoms with Gasteiger partial charge in [0, 0.05) is 43.4 Å². The Morgan fingerprint density at radius 1 is 1.02 bits per heavy atom. The largest absolute Gasteiger partial charge is 0.497 e. The van der Waals surface area contributed by atoms with Gasteiger partial charge in [0.15, 0.2) is 0 Å². The number of aliphatic hydroxyl groups excluding tert-OH is 1. The number of halogens is 1. The van der Waals surface area contributed by atoms with Gasteiger partial charge in [-0.3, -0.25) is 9.52 Å². The molecule has 0 bridgehead atoms. The van der Waals surface area contributed by atoms with Crippen LogP contribution in [0.5, 0.6) is 11.5 Å². The van der Waals surface area contributed by atoms with Crippen molar-refractivity contribution in [2.45, 2.75) is 68.1 Å². The van der Waals surface area contributed by atoms with E-state index < -0.39 is 38.1 Å². The van der Waals surface area contributed by atoms with Crippen molar-refractivity contribution in [3.8, 4) is 11.5 Å². The molecule has 15 heteroatoms. The molecule has 3 aromatic carbocycles. The van der Waals surface area contributed by atoms with Crippen LogP contribution in [0.25, 0.3) is 0 Å². The van der Waals surface area contributed by atoms with E-state index in [2.05, 4.69) is 4.72 Å². The third kappa shape index (κ3) is 9.89. The van der Waals surface area contributed by atoms with Crippen LogP contribution in [-0.2, 0) is 24.8 Å². The quantitative estimate of drug-likeness (QED) is 0.283. The number of rotatable bonds is 10. The molecule has 274 valence electrons. The summed E-state index contributed by atoms with van der Waals surface area (Å²) in [5.41, 5.74) is 0.251. The normalized spacial score (nSPS) is 20.4. The number of nitrogens with zero attached hydrogens (tertiary/aromatic N) is 2. The summed E-state index contributed by atoms with van der Waals surface area (Å²) in [6, 6.07) is 15.7. The third-order valence-electron chi connectivity index (χ3n) is 8.63. The standard InChI is InChI=1S/C35H46ClN3O9S2/c1-24-21-39(25(2)23-40)35(41)32-20-28(37-49(42,43)30-16-12-29(46-5)13-17-30)11-18-33(32)48-26(3)8-6-7-19-47-34(24)22-38(4)50(44,45)31-14-9-27(36)10-15-31/h9-18,20,24-26,34,37,40H,6-8,19,21-23H2,1-5H3/t24-,25+,26-,34+/m0/s1. The summed E-state index contributed by atoms with van der Waals surface area (Å²) in [5, 5.41) is 10.6. The Morgan fingerprint density at radius 3 is 2.32 bits per heavy atom. The fourth-order valence-corrected chi connectivity index (χ4v) is 7.91. The van der Waals surface area contributed by atoms with Crippen molar-refractivity contribution in [2.75, 3.05) is 45.2 Å².